The van der Waals surface area contributed by atoms with Crippen LogP contribution in [-0.2, 0) is 11.2 Å². The van der Waals surface area contributed by atoms with Crippen molar-refractivity contribution in [1.82, 2.24) is 20.0 Å². The first kappa shape index (κ1) is 28.5. The van der Waals surface area contributed by atoms with Crippen molar-refractivity contribution in [2.75, 3.05) is 33.9 Å². The summed E-state index contributed by atoms with van der Waals surface area (Å²) in [4.78, 5) is 21.9. The Kier molecular flexibility index (Phi) is 9.53. The van der Waals surface area contributed by atoms with Crippen LogP contribution in [0.1, 0.15) is 61.8 Å². The van der Waals surface area contributed by atoms with Gasteiger partial charge < -0.3 is 29.1 Å². The number of rotatable bonds is 13. The minimum atomic E-state index is -0.862. The molecule has 2 heterocycles. The topological polar surface area (TPSA) is 131 Å². The number of hydrogen-bond acceptors (Lipinski definition) is 9. The van der Waals surface area contributed by atoms with E-state index >= 15 is 0 Å². The lowest BCUT2D eigenvalue weighted by atomic mass is 10.0. The number of nitrogens with zero attached hydrogens (tertiary/aromatic N) is 4. The van der Waals surface area contributed by atoms with Crippen LogP contribution in [0.25, 0.3) is 22.8 Å². The van der Waals surface area contributed by atoms with Crippen molar-refractivity contribution in [2.24, 2.45) is 0 Å². The SMILES string of the molecule is CCc1cc(-c2noc(-c3cc(OC)nc(C4CCCC4)c3)n2)cc(C)c1OC[C@H](O)CN(C)CCC(=O)O. The summed E-state index contributed by atoms with van der Waals surface area (Å²) in [5.41, 5.74) is 4.48. The number of pyridine rings is 1. The zero-order valence-corrected chi connectivity index (χ0v) is 23.1. The molecule has 2 aromatic heterocycles. The lowest BCUT2D eigenvalue weighted by molar-refractivity contribution is -0.137. The predicted molar refractivity (Wildman–Crippen MR) is 146 cm³/mol. The number of aliphatic hydroxyl groups excluding tert-OH is 1. The van der Waals surface area contributed by atoms with E-state index in [2.05, 4.69) is 15.1 Å². The van der Waals surface area contributed by atoms with E-state index < -0.39 is 12.1 Å². The Morgan fingerprint density at radius 2 is 1.95 bits per heavy atom. The summed E-state index contributed by atoms with van der Waals surface area (Å²) in [6.07, 6.45) is 4.67. The Hall–Kier alpha value is -3.50. The van der Waals surface area contributed by atoms with Gasteiger partial charge in [-0.05, 0) is 62.6 Å². The first-order valence-corrected chi connectivity index (χ1v) is 13.5. The first-order valence-electron chi connectivity index (χ1n) is 13.5. The number of ether oxygens (including phenoxy) is 2. The fraction of sp³-hybridized carbons (Fsp3) is 0.517. The zero-order chi connectivity index (χ0) is 27.9. The van der Waals surface area contributed by atoms with Gasteiger partial charge in [-0.15, -0.1) is 0 Å². The van der Waals surface area contributed by atoms with Crippen LogP contribution in [0.3, 0.4) is 0 Å². The minimum absolute atomic E-state index is 0.0266. The van der Waals surface area contributed by atoms with Crippen LogP contribution in [-0.4, -0.2) is 76.2 Å². The van der Waals surface area contributed by atoms with E-state index in [1.54, 1.807) is 19.1 Å². The molecule has 10 heteroatoms. The second-order valence-electron chi connectivity index (χ2n) is 10.2. The number of benzene rings is 1. The van der Waals surface area contributed by atoms with Gasteiger partial charge in [0.25, 0.3) is 5.89 Å². The number of likely N-dealkylation sites (N-methyl/N-ethyl adjacent to an activating group) is 1. The summed E-state index contributed by atoms with van der Waals surface area (Å²) in [6.45, 7) is 4.77. The standard InChI is InChI=1S/C29H38N4O6/c1-5-19-13-21(12-18(2)27(19)38-17-23(34)16-33(3)11-10-26(35)36)28-31-29(39-32-28)22-14-24(20-8-6-7-9-20)30-25(15-22)37-4/h12-15,20,23,34H,5-11,16-17H2,1-4H3,(H,35,36)/t23-/m1/s1. The zero-order valence-electron chi connectivity index (χ0n) is 23.1. The Labute approximate surface area is 229 Å². The molecular formula is C29H38N4O6. The van der Waals surface area contributed by atoms with E-state index in [0.717, 1.165) is 53.0 Å². The molecule has 0 amide bonds. The Balaban J connectivity index is 1.49. The van der Waals surface area contributed by atoms with Gasteiger partial charge in [-0.2, -0.15) is 4.98 Å². The number of carboxylic acids is 1. The second-order valence-corrected chi connectivity index (χ2v) is 10.2. The Morgan fingerprint density at radius 3 is 2.64 bits per heavy atom. The lowest BCUT2D eigenvalue weighted by Gasteiger charge is -2.21. The summed E-state index contributed by atoms with van der Waals surface area (Å²) in [6, 6.07) is 7.78. The fourth-order valence-corrected chi connectivity index (χ4v) is 5.06. The van der Waals surface area contributed by atoms with Crippen molar-refractivity contribution in [1.29, 1.82) is 0 Å². The average Bonchev–Trinajstić information content (AvgIpc) is 3.64. The third kappa shape index (κ3) is 7.33. The van der Waals surface area contributed by atoms with Crippen molar-refractivity contribution >= 4 is 5.97 Å². The van der Waals surface area contributed by atoms with E-state index in [4.69, 9.17) is 19.1 Å². The largest absolute Gasteiger partial charge is 0.490 e. The summed E-state index contributed by atoms with van der Waals surface area (Å²) in [5.74, 6) is 1.71. The van der Waals surface area contributed by atoms with Crippen LogP contribution in [0.2, 0.25) is 0 Å². The summed E-state index contributed by atoms with van der Waals surface area (Å²) < 4.78 is 17.1. The molecule has 1 aliphatic carbocycles. The highest BCUT2D eigenvalue weighted by molar-refractivity contribution is 5.67. The number of aryl methyl sites for hydroxylation is 2. The van der Waals surface area contributed by atoms with E-state index in [-0.39, 0.29) is 13.0 Å². The molecule has 1 fully saturated rings. The smallest absolute Gasteiger partial charge is 0.304 e. The van der Waals surface area contributed by atoms with Gasteiger partial charge in [0, 0.05) is 41.9 Å². The number of aromatic nitrogens is 3. The molecule has 1 atom stereocenters. The second kappa shape index (κ2) is 13.0. The molecule has 1 aliphatic rings. The summed E-state index contributed by atoms with van der Waals surface area (Å²) in [7, 11) is 3.39. The Morgan fingerprint density at radius 1 is 1.18 bits per heavy atom. The molecule has 0 saturated heterocycles. The van der Waals surface area contributed by atoms with Crippen molar-refractivity contribution < 1.29 is 29.0 Å². The normalized spacial score (nSPS) is 14.6. The van der Waals surface area contributed by atoms with Crippen molar-refractivity contribution in [3.8, 4) is 34.5 Å². The maximum atomic E-state index is 10.8. The third-order valence-corrected chi connectivity index (χ3v) is 7.12. The quantitative estimate of drug-likeness (QED) is 0.321. The van der Waals surface area contributed by atoms with Gasteiger partial charge in [0.1, 0.15) is 18.5 Å². The number of hydrogen-bond donors (Lipinski definition) is 2. The molecule has 0 aliphatic heterocycles. The molecule has 2 N–H and O–H groups in total. The number of carboxylic acid groups (broad SMARTS) is 1. The number of methoxy groups -OCH3 is 1. The van der Waals surface area contributed by atoms with Crippen LogP contribution in [0.15, 0.2) is 28.8 Å². The summed E-state index contributed by atoms with van der Waals surface area (Å²) in [5, 5.41) is 23.5. The lowest BCUT2D eigenvalue weighted by Crippen LogP contribution is -2.34. The summed E-state index contributed by atoms with van der Waals surface area (Å²) >= 11 is 0. The van der Waals surface area contributed by atoms with Gasteiger partial charge in [-0.3, -0.25) is 4.79 Å². The van der Waals surface area contributed by atoms with Crippen LogP contribution in [0.4, 0.5) is 0 Å². The molecule has 0 radical (unpaired) electrons. The minimum Gasteiger partial charge on any atom is -0.490 e. The van der Waals surface area contributed by atoms with Gasteiger partial charge in [-0.25, -0.2) is 4.98 Å². The molecule has 0 spiro atoms. The molecule has 0 unspecified atom stereocenters. The van der Waals surface area contributed by atoms with Crippen molar-refractivity contribution in [2.45, 2.75) is 64.4 Å². The monoisotopic (exact) mass is 538 g/mol. The van der Waals surface area contributed by atoms with Crippen molar-refractivity contribution in [3.05, 3.63) is 41.1 Å². The first-order chi connectivity index (χ1) is 18.8. The van der Waals surface area contributed by atoms with Crippen LogP contribution >= 0.6 is 0 Å². The van der Waals surface area contributed by atoms with E-state index in [9.17, 15) is 9.90 Å². The Bertz CT molecular complexity index is 1270. The number of carbonyl (C=O) groups is 1. The fourth-order valence-electron chi connectivity index (χ4n) is 5.06. The average molecular weight is 539 g/mol. The van der Waals surface area contributed by atoms with E-state index in [1.165, 1.54) is 12.8 Å². The maximum absolute atomic E-state index is 10.8. The molecule has 1 aromatic carbocycles. The predicted octanol–water partition coefficient (Wildman–Crippen LogP) is 4.48. The van der Waals surface area contributed by atoms with Gasteiger partial charge in [0.15, 0.2) is 0 Å². The van der Waals surface area contributed by atoms with E-state index in [1.807, 2.05) is 38.1 Å². The van der Waals surface area contributed by atoms with E-state index in [0.29, 0.717) is 36.6 Å². The third-order valence-electron chi connectivity index (χ3n) is 7.12. The van der Waals surface area contributed by atoms with Gasteiger partial charge in [-0.1, -0.05) is 24.9 Å². The highest BCUT2D eigenvalue weighted by atomic mass is 16.5. The molecule has 4 rings (SSSR count). The number of aliphatic carboxylic acids is 1. The van der Waals surface area contributed by atoms with Crippen LogP contribution in [0.5, 0.6) is 11.6 Å². The van der Waals surface area contributed by atoms with Crippen LogP contribution < -0.4 is 9.47 Å². The van der Waals surface area contributed by atoms with Gasteiger partial charge in [0.05, 0.1) is 13.5 Å². The van der Waals surface area contributed by atoms with Gasteiger partial charge >= 0.3 is 5.97 Å². The molecule has 0 bridgehead atoms. The van der Waals surface area contributed by atoms with Crippen molar-refractivity contribution in [3.63, 3.8) is 0 Å². The maximum Gasteiger partial charge on any atom is 0.304 e. The molecule has 3 aromatic rings. The molecular weight excluding hydrogens is 500 g/mol. The molecule has 1 saturated carbocycles. The number of aliphatic hydroxyl groups is 1. The van der Waals surface area contributed by atoms with Crippen LogP contribution in [0, 0.1) is 6.92 Å². The molecule has 10 nitrogen and oxygen atoms in total. The van der Waals surface area contributed by atoms with Gasteiger partial charge in [0.2, 0.25) is 11.7 Å². The highest BCUT2D eigenvalue weighted by Gasteiger charge is 2.22. The molecule has 210 valence electrons. The highest BCUT2D eigenvalue weighted by Crippen LogP contribution is 2.36. The molecule has 39 heavy (non-hydrogen) atoms.